The Hall–Kier alpha value is -4.13. The van der Waals surface area contributed by atoms with E-state index >= 15 is 0 Å². The van der Waals surface area contributed by atoms with Crippen molar-refractivity contribution in [2.45, 2.75) is 40.0 Å². The van der Waals surface area contributed by atoms with Gasteiger partial charge < -0.3 is 4.40 Å². The van der Waals surface area contributed by atoms with Gasteiger partial charge in [-0.15, -0.1) is 17.8 Å². The van der Waals surface area contributed by atoms with E-state index in [1.54, 1.807) is 0 Å². The average molecular weight is 524 g/mol. The quantitative estimate of drug-likeness (QED) is 0.158. The van der Waals surface area contributed by atoms with Gasteiger partial charge in [-0.05, 0) is 48.6 Å². The number of benzene rings is 3. The molecule has 0 aliphatic rings. The third kappa shape index (κ3) is 3.25. The van der Waals surface area contributed by atoms with E-state index in [4.69, 9.17) is 6.42 Å². The second kappa shape index (κ2) is 8.18. The monoisotopic (exact) mass is 523 g/mol. The Balaban J connectivity index is 1.65. The molecule has 0 spiro atoms. The molecule has 190 valence electrons. The zero-order valence-corrected chi connectivity index (χ0v) is 24.1. The number of terminal acetylenes is 1. The maximum atomic E-state index is 6.31. The molecular weight excluding hydrogens is 492 g/mol. The number of fused-ring (bicyclic) bond motifs is 4. The van der Waals surface area contributed by atoms with Crippen molar-refractivity contribution in [2.24, 2.45) is 7.05 Å². The van der Waals surface area contributed by atoms with Gasteiger partial charge in [0.15, 0.2) is 6.20 Å². The maximum Gasteiger partial charge on any atom is 0.212 e. The van der Waals surface area contributed by atoms with Gasteiger partial charge >= 0.3 is 0 Å². The number of pyridine rings is 1. The van der Waals surface area contributed by atoms with Gasteiger partial charge in [-0.3, -0.25) is 0 Å². The largest absolute Gasteiger partial charge is 0.307 e. The number of aromatic nitrogens is 2. The first-order valence-electron chi connectivity index (χ1n) is 13.5. The number of aryl methyl sites for hydroxylation is 3. The summed E-state index contributed by atoms with van der Waals surface area (Å²) in [6, 6.07) is 24.4. The Kier molecular flexibility index (Phi) is 5.03. The Morgan fingerprint density at radius 2 is 1.62 bits per heavy atom. The van der Waals surface area contributed by atoms with Gasteiger partial charge in [-0.2, -0.15) is 0 Å². The second-order valence-corrected chi connectivity index (χ2v) is 13.0. The molecule has 2 nitrogen and oxygen atoms in total. The third-order valence-corrected chi connectivity index (χ3v) is 9.43. The number of para-hydroxylation sites is 1. The van der Waals surface area contributed by atoms with Crippen LogP contribution in [0.15, 0.2) is 72.9 Å². The van der Waals surface area contributed by atoms with Crippen molar-refractivity contribution in [2.75, 3.05) is 0 Å². The molecule has 0 amide bonds. The van der Waals surface area contributed by atoms with Gasteiger partial charge in [0.1, 0.15) is 7.05 Å². The lowest BCUT2D eigenvalue weighted by Gasteiger charge is -2.19. The smallest absolute Gasteiger partial charge is 0.212 e. The molecule has 0 N–H and O–H groups in total. The standard InChI is InChI=1S/C36H31N2S/c1-8-23-24-13-11-14-25-28-20-27(30-17-9-10-18-37(30)7)21(2)19-31(28)38(33(24)25)34(23)32-22(3)39-35-26(32)15-12-16-29(35)36(4,5)6/h1,9-20H,2-7H3/q+1. The number of hydrogen-bond acceptors (Lipinski definition) is 1. The highest BCUT2D eigenvalue weighted by atomic mass is 32.1. The normalized spacial score (nSPS) is 12.3. The molecule has 0 aliphatic carbocycles. The van der Waals surface area contributed by atoms with Crippen molar-refractivity contribution in [3.05, 3.63) is 94.5 Å². The van der Waals surface area contributed by atoms with Crippen molar-refractivity contribution >= 4 is 48.6 Å². The minimum atomic E-state index is 0.0601. The van der Waals surface area contributed by atoms with Crippen molar-refractivity contribution in [3.8, 4) is 34.9 Å². The summed E-state index contributed by atoms with van der Waals surface area (Å²) in [5.41, 5.74) is 11.0. The van der Waals surface area contributed by atoms with Gasteiger partial charge in [-0.25, -0.2) is 4.57 Å². The molecule has 0 unspecified atom stereocenters. The van der Waals surface area contributed by atoms with Crippen LogP contribution in [0.25, 0.3) is 59.8 Å². The lowest BCUT2D eigenvalue weighted by atomic mass is 9.86. The molecule has 7 rings (SSSR count). The van der Waals surface area contributed by atoms with Gasteiger partial charge in [0, 0.05) is 54.4 Å². The van der Waals surface area contributed by atoms with Crippen molar-refractivity contribution in [1.29, 1.82) is 0 Å². The van der Waals surface area contributed by atoms with Crippen LogP contribution >= 0.6 is 11.3 Å². The molecule has 0 atom stereocenters. The van der Waals surface area contributed by atoms with E-state index in [9.17, 15) is 0 Å². The molecule has 0 aliphatic heterocycles. The zero-order valence-electron chi connectivity index (χ0n) is 23.3. The third-order valence-electron chi connectivity index (χ3n) is 8.27. The molecule has 0 bridgehead atoms. The highest BCUT2D eigenvalue weighted by Gasteiger charge is 2.28. The first kappa shape index (κ1) is 23.9. The lowest BCUT2D eigenvalue weighted by Crippen LogP contribution is -2.30. The minimum Gasteiger partial charge on any atom is -0.307 e. The SMILES string of the molecule is C#Cc1c(-c2c(C)sc3c(C(C)(C)C)cccc23)n2c3cc(C)c(-c4cccc[n+]4C)cc3c3cccc1c32. The van der Waals surface area contributed by atoms with Crippen LogP contribution in [0.3, 0.4) is 0 Å². The first-order valence-corrected chi connectivity index (χ1v) is 14.3. The molecule has 3 aromatic carbocycles. The van der Waals surface area contributed by atoms with Crippen LogP contribution in [0.5, 0.6) is 0 Å². The Morgan fingerprint density at radius 3 is 2.36 bits per heavy atom. The van der Waals surface area contributed by atoms with Crippen LogP contribution in [0.2, 0.25) is 0 Å². The molecule has 39 heavy (non-hydrogen) atoms. The van der Waals surface area contributed by atoms with Crippen LogP contribution < -0.4 is 4.57 Å². The van der Waals surface area contributed by atoms with Crippen LogP contribution in [-0.2, 0) is 12.5 Å². The summed E-state index contributed by atoms with van der Waals surface area (Å²) < 4.78 is 6.01. The van der Waals surface area contributed by atoms with E-state index in [1.165, 1.54) is 64.7 Å². The summed E-state index contributed by atoms with van der Waals surface area (Å²) in [4.78, 5) is 1.30. The maximum absolute atomic E-state index is 6.31. The van der Waals surface area contributed by atoms with Crippen LogP contribution in [0.4, 0.5) is 0 Å². The Labute approximate surface area is 233 Å². The van der Waals surface area contributed by atoms with E-state index in [2.05, 4.69) is 129 Å². The summed E-state index contributed by atoms with van der Waals surface area (Å²) in [5, 5.41) is 4.95. The van der Waals surface area contributed by atoms with Gasteiger partial charge in [0.2, 0.25) is 5.69 Å². The fourth-order valence-electron chi connectivity index (χ4n) is 6.47. The second-order valence-electron chi connectivity index (χ2n) is 11.8. The van der Waals surface area contributed by atoms with Crippen molar-refractivity contribution < 1.29 is 4.57 Å². The van der Waals surface area contributed by atoms with Gasteiger partial charge in [-0.1, -0.05) is 63.1 Å². The highest BCUT2D eigenvalue weighted by molar-refractivity contribution is 7.19. The summed E-state index contributed by atoms with van der Waals surface area (Å²) in [5.74, 6) is 3.12. The summed E-state index contributed by atoms with van der Waals surface area (Å²) in [6.07, 6.45) is 8.42. The molecule has 0 fully saturated rings. The number of hydrogen-bond donors (Lipinski definition) is 0. The van der Waals surface area contributed by atoms with E-state index in [0.29, 0.717) is 0 Å². The molecule has 3 heteroatoms. The lowest BCUT2D eigenvalue weighted by molar-refractivity contribution is -0.660. The predicted octanol–water partition coefficient (Wildman–Crippen LogP) is 8.95. The van der Waals surface area contributed by atoms with Gasteiger partial charge in [0.05, 0.1) is 22.3 Å². The predicted molar refractivity (Wildman–Crippen MR) is 167 cm³/mol. The molecule has 0 saturated carbocycles. The van der Waals surface area contributed by atoms with Crippen molar-refractivity contribution in [3.63, 3.8) is 0 Å². The Bertz CT molecular complexity index is 2140. The zero-order chi connectivity index (χ0) is 27.2. The average Bonchev–Trinajstić information content (AvgIpc) is 3.52. The molecule has 0 radical (unpaired) electrons. The summed E-state index contributed by atoms with van der Waals surface area (Å²) >= 11 is 1.89. The first-order chi connectivity index (χ1) is 18.7. The molecular formula is C36H31N2S+. The van der Waals surface area contributed by atoms with E-state index < -0.39 is 0 Å². The number of thiophene rings is 1. The van der Waals surface area contributed by atoms with E-state index in [-0.39, 0.29) is 5.41 Å². The van der Waals surface area contributed by atoms with Gasteiger partial charge in [0.25, 0.3) is 0 Å². The minimum absolute atomic E-state index is 0.0601. The summed E-state index contributed by atoms with van der Waals surface area (Å²) in [6.45, 7) is 11.4. The van der Waals surface area contributed by atoms with E-state index in [0.717, 1.165) is 16.6 Å². The summed E-state index contributed by atoms with van der Waals surface area (Å²) in [7, 11) is 2.11. The number of nitrogens with zero attached hydrogens (tertiary/aromatic N) is 2. The van der Waals surface area contributed by atoms with E-state index in [1.807, 2.05) is 11.3 Å². The number of rotatable bonds is 2. The van der Waals surface area contributed by atoms with Crippen molar-refractivity contribution in [1.82, 2.24) is 4.40 Å². The highest BCUT2D eigenvalue weighted by Crippen LogP contribution is 2.48. The fourth-order valence-corrected chi connectivity index (χ4v) is 7.85. The fraction of sp³-hybridized carbons (Fsp3) is 0.194. The topological polar surface area (TPSA) is 8.29 Å². The Morgan fingerprint density at radius 1 is 0.872 bits per heavy atom. The molecule has 4 aromatic heterocycles. The van der Waals surface area contributed by atoms with Crippen LogP contribution in [0, 0.1) is 26.2 Å². The molecule has 7 aromatic rings. The van der Waals surface area contributed by atoms with Crippen LogP contribution in [0.1, 0.15) is 42.3 Å². The molecule has 4 heterocycles. The molecule has 0 saturated heterocycles. The van der Waals surface area contributed by atoms with Crippen LogP contribution in [-0.4, -0.2) is 4.40 Å².